The second kappa shape index (κ2) is 14.2. The topological polar surface area (TPSA) is 174 Å². The highest BCUT2D eigenvalue weighted by molar-refractivity contribution is 5.97. The lowest BCUT2D eigenvalue weighted by Gasteiger charge is -2.29. The lowest BCUT2D eigenvalue weighted by molar-refractivity contribution is -0.132. The molecule has 6 N–H and O–H groups in total. The van der Waals surface area contributed by atoms with E-state index in [2.05, 4.69) is 35.5 Å². The van der Waals surface area contributed by atoms with Gasteiger partial charge >= 0.3 is 0 Å². The number of alkyl halides is 2. The third-order valence-electron chi connectivity index (χ3n) is 8.96. The number of rotatable bonds is 6. The van der Waals surface area contributed by atoms with E-state index in [0.29, 0.717) is 30.5 Å². The Kier molecular flexibility index (Phi) is 9.41. The number of nitrogen functional groups attached to an aromatic ring is 2. The molecular formula is C38H35F2N9O3. The lowest BCUT2D eigenvalue weighted by Crippen LogP contribution is -2.46. The highest BCUT2D eigenvalue weighted by Crippen LogP contribution is 2.49. The van der Waals surface area contributed by atoms with E-state index in [1.807, 2.05) is 73.8 Å². The van der Waals surface area contributed by atoms with Crippen LogP contribution < -0.4 is 22.1 Å². The van der Waals surface area contributed by atoms with Crippen LogP contribution in [0.1, 0.15) is 6.42 Å². The number of likely N-dealkylation sites (N-methyl/N-ethyl adjacent to an activating group) is 1. The summed E-state index contributed by atoms with van der Waals surface area (Å²) < 4.78 is 31.6. The molecule has 1 aliphatic carbocycles. The van der Waals surface area contributed by atoms with Gasteiger partial charge in [0.25, 0.3) is 11.8 Å². The summed E-state index contributed by atoms with van der Waals surface area (Å²) >= 11 is 0. The molecule has 2 aromatic heterocycles. The Morgan fingerprint density at radius 2 is 1.25 bits per heavy atom. The molecular weight excluding hydrogens is 668 g/mol. The third-order valence-corrected chi connectivity index (χ3v) is 8.96. The lowest BCUT2D eigenvalue weighted by atomic mass is 10.0. The van der Waals surface area contributed by atoms with Crippen LogP contribution >= 0.6 is 0 Å². The minimum absolute atomic E-state index is 0.130. The van der Waals surface area contributed by atoms with Gasteiger partial charge in [0.05, 0.1) is 17.6 Å². The first kappa shape index (κ1) is 34.3. The number of halogens is 2. The van der Waals surface area contributed by atoms with Gasteiger partial charge < -0.3 is 31.7 Å². The number of benzene rings is 4. The minimum Gasteiger partial charge on any atom is -0.383 e. The summed E-state index contributed by atoms with van der Waals surface area (Å²) in [4.78, 5) is 42.8. The van der Waals surface area contributed by atoms with E-state index in [4.69, 9.17) is 16.2 Å². The summed E-state index contributed by atoms with van der Waals surface area (Å²) in [7, 11) is 1.98. The number of carbonyl (C=O) groups is 2. The molecule has 2 fully saturated rings. The second-order valence-electron chi connectivity index (χ2n) is 12.8. The maximum absolute atomic E-state index is 13.0. The van der Waals surface area contributed by atoms with Crippen molar-refractivity contribution in [2.75, 3.05) is 48.8 Å². The van der Waals surface area contributed by atoms with E-state index in [0.717, 1.165) is 56.3 Å². The SMILES string of the molecule is CN1CCOC(C(=O)Nc2cccc(-c3ccc4ncnc(N)c4c3)c2)C1.Nc1ncnc2ccc(-c3cccc(NC(=O)C4CC4(F)F)c3)cc12. The van der Waals surface area contributed by atoms with Crippen LogP contribution in [-0.4, -0.2) is 75.4 Å². The number of anilines is 4. The number of nitrogens with two attached hydrogens (primary N) is 2. The molecule has 4 aromatic carbocycles. The largest absolute Gasteiger partial charge is 0.383 e. The average Bonchev–Trinajstić information content (AvgIpc) is 3.80. The minimum atomic E-state index is -2.88. The predicted molar refractivity (Wildman–Crippen MR) is 196 cm³/mol. The fourth-order valence-corrected chi connectivity index (χ4v) is 5.95. The van der Waals surface area contributed by atoms with Gasteiger partial charge in [-0.15, -0.1) is 0 Å². The van der Waals surface area contributed by atoms with Crippen LogP contribution in [0.15, 0.2) is 97.6 Å². The van der Waals surface area contributed by atoms with Gasteiger partial charge in [0, 0.05) is 41.7 Å². The zero-order chi connectivity index (χ0) is 36.4. The molecule has 8 rings (SSSR count). The Labute approximate surface area is 297 Å². The molecule has 2 atom stereocenters. The molecule has 3 heterocycles. The Morgan fingerprint density at radius 1 is 0.750 bits per heavy atom. The van der Waals surface area contributed by atoms with Gasteiger partial charge in [0.2, 0.25) is 5.91 Å². The molecule has 1 saturated carbocycles. The van der Waals surface area contributed by atoms with Crippen LogP contribution in [0, 0.1) is 5.92 Å². The molecule has 12 nitrogen and oxygen atoms in total. The molecule has 14 heteroatoms. The van der Waals surface area contributed by atoms with Crippen LogP contribution in [-0.2, 0) is 14.3 Å². The van der Waals surface area contributed by atoms with E-state index < -0.39 is 23.9 Å². The molecule has 2 aliphatic rings. The number of aromatic nitrogens is 4. The molecule has 0 spiro atoms. The van der Waals surface area contributed by atoms with Crippen LogP contribution in [0.3, 0.4) is 0 Å². The third kappa shape index (κ3) is 7.62. The Morgan fingerprint density at radius 3 is 1.75 bits per heavy atom. The first-order valence-electron chi connectivity index (χ1n) is 16.5. The molecule has 2 amide bonds. The standard InChI is InChI=1S/C20H21N5O2.C18H14F2N4O/c1-25-7-8-27-18(11-25)20(26)24-15-4-2-3-13(9-15)14-5-6-17-16(10-14)19(21)23-12-22-17;19-18(20)8-14(18)17(25)24-12-3-1-2-10(6-12)11-4-5-15-13(7-11)16(21)23-9-22-15/h2-6,9-10,12,18H,7-8,11H2,1H3,(H,24,26)(H2,21,22,23);1-7,9,14H,8H2,(H,24,25)(H2,21,22,23). The Hall–Kier alpha value is -6.12. The van der Waals surface area contributed by atoms with Gasteiger partial charge in [0.15, 0.2) is 0 Å². The van der Waals surface area contributed by atoms with E-state index in [-0.39, 0.29) is 12.3 Å². The number of fused-ring (bicyclic) bond motifs is 2. The molecule has 264 valence electrons. The molecule has 2 unspecified atom stereocenters. The fourth-order valence-electron chi connectivity index (χ4n) is 5.95. The second-order valence-corrected chi connectivity index (χ2v) is 12.8. The van der Waals surface area contributed by atoms with Gasteiger partial charge in [-0.2, -0.15) is 0 Å². The van der Waals surface area contributed by atoms with Gasteiger partial charge in [-0.1, -0.05) is 36.4 Å². The maximum atomic E-state index is 13.0. The van der Waals surface area contributed by atoms with E-state index in [1.165, 1.54) is 12.7 Å². The first-order valence-corrected chi connectivity index (χ1v) is 16.5. The van der Waals surface area contributed by atoms with Crippen LogP contribution in [0.25, 0.3) is 44.1 Å². The number of hydrogen-bond acceptors (Lipinski definition) is 10. The Balaban J connectivity index is 0.000000162. The fraction of sp³-hybridized carbons (Fsp3) is 0.211. The van der Waals surface area contributed by atoms with Gasteiger partial charge in [-0.3, -0.25) is 9.59 Å². The maximum Gasteiger partial charge on any atom is 0.260 e. The van der Waals surface area contributed by atoms with E-state index in [9.17, 15) is 18.4 Å². The van der Waals surface area contributed by atoms with Gasteiger partial charge in [-0.05, 0) is 77.8 Å². The quantitative estimate of drug-likeness (QED) is 0.170. The van der Waals surface area contributed by atoms with Crippen molar-refractivity contribution < 1.29 is 23.1 Å². The smallest absolute Gasteiger partial charge is 0.260 e. The molecule has 0 bridgehead atoms. The zero-order valence-corrected chi connectivity index (χ0v) is 28.1. The summed E-state index contributed by atoms with van der Waals surface area (Å²) in [6.07, 6.45) is 2.02. The molecule has 52 heavy (non-hydrogen) atoms. The number of amides is 2. The van der Waals surface area contributed by atoms with Crippen molar-refractivity contribution in [2.24, 2.45) is 5.92 Å². The van der Waals surface area contributed by atoms with Crippen molar-refractivity contribution in [1.82, 2.24) is 24.8 Å². The van der Waals surface area contributed by atoms with Crippen molar-refractivity contribution in [3.8, 4) is 22.3 Å². The zero-order valence-electron chi connectivity index (χ0n) is 28.1. The van der Waals surface area contributed by atoms with Crippen molar-refractivity contribution in [3.63, 3.8) is 0 Å². The number of ether oxygens (including phenoxy) is 1. The summed E-state index contributed by atoms with van der Waals surface area (Å²) in [6, 6.07) is 26.2. The highest BCUT2D eigenvalue weighted by atomic mass is 19.3. The van der Waals surface area contributed by atoms with E-state index >= 15 is 0 Å². The molecule has 0 radical (unpaired) electrons. The number of carbonyl (C=O) groups excluding carboxylic acids is 2. The summed E-state index contributed by atoms with van der Waals surface area (Å²) in [6.45, 7) is 2.00. The number of nitrogens with one attached hydrogen (secondary N) is 2. The Bertz CT molecular complexity index is 2300. The highest BCUT2D eigenvalue weighted by Gasteiger charge is 2.61. The molecule has 1 saturated heterocycles. The number of nitrogens with zero attached hydrogens (tertiary/aromatic N) is 5. The molecule has 1 aliphatic heterocycles. The summed E-state index contributed by atoms with van der Waals surface area (Å²) in [5.74, 6) is -4.06. The van der Waals surface area contributed by atoms with Gasteiger partial charge in [0.1, 0.15) is 36.3 Å². The normalized spacial score (nSPS) is 17.9. The van der Waals surface area contributed by atoms with E-state index in [1.54, 1.807) is 18.2 Å². The summed E-state index contributed by atoms with van der Waals surface area (Å²) in [5, 5.41) is 7.04. The number of hydrogen-bond donors (Lipinski definition) is 4. The van der Waals surface area contributed by atoms with Gasteiger partial charge in [-0.25, -0.2) is 28.7 Å². The van der Waals surface area contributed by atoms with Crippen molar-refractivity contribution >= 4 is 56.6 Å². The average molecular weight is 704 g/mol. The monoisotopic (exact) mass is 703 g/mol. The molecule has 6 aromatic rings. The van der Waals surface area contributed by atoms with Crippen molar-refractivity contribution in [2.45, 2.75) is 18.4 Å². The van der Waals surface area contributed by atoms with Crippen molar-refractivity contribution in [1.29, 1.82) is 0 Å². The van der Waals surface area contributed by atoms with Crippen LogP contribution in [0.4, 0.5) is 31.8 Å². The predicted octanol–water partition coefficient (Wildman–Crippen LogP) is 5.62. The van der Waals surface area contributed by atoms with Crippen LogP contribution in [0.5, 0.6) is 0 Å². The van der Waals surface area contributed by atoms with Crippen molar-refractivity contribution in [3.05, 3.63) is 97.6 Å². The van der Waals surface area contributed by atoms with Crippen LogP contribution in [0.2, 0.25) is 0 Å². The number of morpholine rings is 1. The first-order chi connectivity index (χ1) is 25.0. The summed E-state index contributed by atoms with van der Waals surface area (Å²) in [5.41, 5.74) is 18.2.